The SMILES string of the molecule is C=CC[NH2+]CCOc1c(C)cc(C)cc1Cl. The van der Waals surface area contributed by atoms with Crippen molar-refractivity contribution in [1.82, 2.24) is 0 Å². The Bertz CT molecular complexity index is 340. The van der Waals surface area contributed by atoms with Crippen molar-refractivity contribution in [3.63, 3.8) is 0 Å². The first-order valence-corrected chi connectivity index (χ1v) is 5.85. The summed E-state index contributed by atoms with van der Waals surface area (Å²) < 4.78 is 5.67. The standard InChI is InChI=1S/C13H18ClNO/c1-4-5-15-6-7-16-13-11(3)8-10(2)9-12(13)14/h4,8-9,15H,1,5-7H2,2-3H3/p+1. The molecule has 1 aromatic carbocycles. The van der Waals surface area contributed by atoms with Gasteiger partial charge in [-0.25, -0.2) is 0 Å². The molecule has 0 unspecified atom stereocenters. The largest absolute Gasteiger partial charge is 0.486 e. The van der Waals surface area contributed by atoms with Crippen molar-refractivity contribution in [2.45, 2.75) is 13.8 Å². The predicted octanol–water partition coefficient (Wildman–Crippen LogP) is 2.09. The molecule has 2 nitrogen and oxygen atoms in total. The molecule has 2 N–H and O–H groups in total. The first-order valence-electron chi connectivity index (χ1n) is 5.47. The van der Waals surface area contributed by atoms with Crippen molar-refractivity contribution in [2.24, 2.45) is 0 Å². The van der Waals surface area contributed by atoms with Crippen molar-refractivity contribution < 1.29 is 10.1 Å². The molecule has 0 bridgehead atoms. The van der Waals surface area contributed by atoms with Gasteiger partial charge in [-0.2, -0.15) is 0 Å². The van der Waals surface area contributed by atoms with Crippen LogP contribution in [0.5, 0.6) is 5.75 Å². The van der Waals surface area contributed by atoms with Crippen LogP contribution in [0.25, 0.3) is 0 Å². The molecular weight excluding hydrogens is 222 g/mol. The van der Waals surface area contributed by atoms with Crippen LogP contribution >= 0.6 is 11.6 Å². The van der Waals surface area contributed by atoms with E-state index in [1.54, 1.807) is 0 Å². The molecule has 0 radical (unpaired) electrons. The maximum Gasteiger partial charge on any atom is 0.141 e. The van der Waals surface area contributed by atoms with Crippen LogP contribution in [0.3, 0.4) is 0 Å². The summed E-state index contributed by atoms with van der Waals surface area (Å²) in [6.07, 6.45) is 1.88. The fourth-order valence-electron chi connectivity index (χ4n) is 1.57. The normalized spacial score (nSPS) is 10.2. The van der Waals surface area contributed by atoms with E-state index in [-0.39, 0.29) is 0 Å². The van der Waals surface area contributed by atoms with E-state index >= 15 is 0 Å². The molecule has 0 fully saturated rings. The third kappa shape index (κ3) is 3.87. The average molecular weight is 241 g/mol. The maximum atomic E-state index is 6.12. The second-order valence-electron chi connectivity index (χ2n) is 3.84. The van der Waals surface area contributed by atoms with Crippen LogP contribution in [0.4, 0.5) is 0 Å². The third-order valence-electron chi connectivity index (χ3n) is 2.28. The fraction of sp³-hybridized carbons (Fsp3) is 0.385. The third-order valence-corrected chi connectivity index (χ3v) is 2.56. The predicted molar refractivity (Wildman–Crippen MR) is 68.3 cm³/mol. The average Bonchev–Trinajstić information content (AvgIpc) is 2.20. The van der Waals surface area contributed by atoms with E-state index in [1.165, 1.54) is 0 Å². The van der Waals surface area contributed by atoms with Crippen LogP contribution in [0.15, 0.2) is 24.8 Å². The van der Waals surface area contributed by atoms with Crippen LogP contribution in [0.2, 0.25) is 5.02 Å². The molecule has 0 spiro atoms. The zero-order valence-electron chi connectivity index (χ0n) is 9.92. The highest BCUT2D eigenvalue weighted by molar-refractivity contribution is 6.32. The Balaban J connectivity index is 2.50. The van der Waals surface area contributed by atoms with E-state index in [0.29, 0.717) is 11.6 Å². The highest BCUT2D eigenvalue weighted by Crippen LogP contribution is 2.29. The number of quaternary nitrogens is 1. The van der Waals surface area contributed by atoms with Crippen LogP contribution in [-0.2, 0) is 0 Å². The number of nitrogens with two attached hydrogens (primary N) is 1. The number of aryl methyl sites for hydroxylation is 2. The minimum absolute atomic E-state index is 0.664. The Hall–Kier alpha value is -0.990. The Kier molecular flexibility index (Phi) is 5.36. The number of rotatable bonds is 6. The van der Waals surface area contributed by atoms with E-state index < -0.39 is 0 Å². The number of halogens is 1. The second kappa shape index (κ2) is 6.56. The molecule has 88 valence electrons. The molecule has 0 amide bonds. The van der Waals surface area contributed by atoms with Gasteiger partial charge in [0, 0.05) is 0 Å². The van der Waals surface area contributed by atoms with Gasteiger partial charge in [0.1, 0.15) is 18.9 Å². The first kappa shape index (κ1) is 13.1. The molecule has 1 aromatic rings. The van der Waals surface area contributed by atoms with Crippen molar-refractivity contribution in [3.8, 4) is 5.75 Å². The van der Waals surface area contributed by atoms with Gasteiger partial charge >= 0.3 is 0 Å². The van der Waals surface area contributed by atoms with Gasteiger partial charge in [-0.3, -0.25) is 0 Å². The molecule has 0 atom stereocenters. The lowest BCUT2D eigenvalue weighted by Gasteiger charge is -2.11. The Morgan fingerprint density at radius 3 is 2.81 bits per heavy atom. The van der Waals surface area contributed by atoms with Crippen molar-refractivity contribution in [3.05, 3.63) is 40.9 Å². The number of benzene rings is 1. The van der Waals surface area contributed by atoms with Gasteiger partial charge < -0.3 is 10.1 Å². The molecule has 0 aromatic heterocycles. The summed E-state index contributed by atoms with van der Waals surface area (Å²) in [6, 6.07) is 4.01. The van der Waals surface area contributed by atoms with E-state index in [9.17, 15) is 0 Å². The summed E-state index contributed by atoms with van der Waals surface area (Å²) in [5.41, 5.74) is 2.25. The Morgan fingerprint density at radius 2 is 2.19 bits per heavy atom. The molecule has 0 aliphatic heterocycles. The van der Waals surface area contributed by atoms with Gasteiger partial charge in [-0.1, -0.05) is 24.2 Å². The molecule has 0 aliphatic carbocycles. The highest BCUT2D eigenvalue weighted by atomic mass is 35.5. The van der Waals surface area contributed by atoms with Crippen molar-refractivity contribution >= 4 is 11.6 Å². The molecule has 0 saturated heterocycles. The highest BCUT2D eigenvalue weighted by Gasteiger charge is 2.06. The van der Waals surface area contributed by atoms with Gasteiger partial charge in [-0.05, 0) is 37.1 Å². The smallest absolute Gasteiger partial charge is 0.141 e. The summed E-state index contributed by atoms with van der Waals surface area (Å²) in [4.78, 5) is 0. The monoisotopic (exact) mass is 240 g/mol. The zero-order chi connectivity index (χ0) is 12.0. The minimum Gasteiger partial charge on any atom is -0.486 e. The summed E-state index contributed by atoms with van der Waals surface area (Å²) >= 11 is 6.12. The lowest BCUT2D eigenvalue weighted by Crippen LogP contribution is -2.85. The Morgan fingerprint density at radius 1 is 1.44 bits per heavy atom. The molecule has 0 heterocycles. The van der Waals surface area contributed by atoms with E-state index in [0.717, 1.165) is 30.0 Å². The van der Waals surface area contributed by atoms with Gasteiger partial charge in [-0.15, -0.1) is 0 Å². The summed E-state index contributed by atoms with van der Waals surface area (Å²) in [7, 11) is 0. The summed E-state index contributed by atoms with van der Waals surface area (Å²) in [6.45, 7) is 10.2. The maximum absolute atomic E-state index is 6.12. The number of hydrogen-bond donors (Lipinski definition) is 1. The molecule has 3 heteroatoms. The molecule has 16 heavy (non-hydrogen) atoms. The minimum atomic E-state index is 0.664. The molecule has 0 aliphatic rings. The van der Waals surface area contributed by atoms with E-state index in [1.807, 2.05) is 26.0 Å². The van der Waals surface area contributed by atoms with E-state index in [2.05, 4.69) is 18.0 Å². The second-order valence-corrected chi connectivity index (χ2v) is 4.25. The fourth-order valence-corrected chi connectivity index (χ4v) is 1.94. The van der Waals surface area contributed by atoms with Gasteiger partial charge in [0.25, 0.3) is 0 Å². The van der Waals surface area contributed by atoms with Crippen LogP contribution in [0, 0.1) is 13.8 Å². The molecular formula is C13H19ClNO+. The van der Waals surface area contributed by atoms with E-state index in [4.69, 9.17) is 16.3 Å². The lowest BCUT2D eigenvalue weighted by molar-refractivity contribution is -0.646. The lowest BCUT2D eigenvalue weighted by atomic mass is 10.1. The molecule has 1 rings (SSSR count). The number of hydrogen-bond acceptors (Lipinski definition) is 1. The molecule has 0 saturated carbocycles. The van der Waals surface area contributed by atoms with Crippen molar-refractivity contribution in [2.75, 3.05) is 19.7 Å². The van der Waals surface area contributed by atoms with Crippen LogP contribution in [-0.4, -0.2) is 19.7 Å². The Labute approximate surface area is 102 Å². The van der Waals surface area contributed by atoms with Gasteiger partial charge in [0.15, 0.2) is 0 Å². The quantitative estimate of drug-likeness (QED) is 0.598. The van der Waals surface area contributed by atoms with Gasteiger partial charge in [0.2, 0.25) is 0 Å². The van der Waals surface area contributed by atoms with Crippen molar-refractivity contribution in [1.29, 1.82) is 0 Å². The van der Waals surface area contributed by atoms with Gasteiger partial charge in [0.05, 0.1) is 11.6 Å². The summed E-state index contributed by atoms with van der Waals surface area (Å²) in [5.74, 6) is 0.805. The van der Waals surface area contributed by atoms with Crippen LogP contribution in [0.1, 0.15) is 11.1 Å². The summed E-state index contributed by atoms with van der Waals surface area (Å²) in [5, 5.41) is 2.84. The number of ether oxygens (including phenoxy) is 1. The first-order chi connectivity index (χ1) is 7.65. The topological polar surface area (TPSA) is 25.8 Å². The zero-order valence-corrected chi connectivity index (χ0v) is 10.7. The van der Waals surface area contributed by atoms with Crippen LogP contribution < -0.4 is 10.1 Å².